The number of benzene rings is 2. The van der Waals surface area contributed by atoms with Crippen LogP contribution in [0.15, 0.2) is 36.4 Å². The Kier molecular flexibility index (Phi) is 4.41. The number of hydrogen-bond donors (Lipinski definition) is 1. The van der Waals surface area contributed by atoms with Crippen LogP contribution in [0.25, 0.3) is 0 Å². The minimum absolute atomic E-state index is 0.190. The van der Waals surface area contributed by atoms with Crippen molar-refractivity contribution < 1.29 is 14.3 Å². The lowest BCUT2D eigenvalue weighted by Gasteiger charge is -2.22. The van der Waals surface area contributed by atoms with Crippen LogP contribution in [0.2, 0.25) is 5.02 Å². The van der Waals surface area contributed by atoms with Crippen molar-refractivity contribution in [3.63, 3.8) is 0 Å². The fraction of sp³-hybridized carbons (Fsp3) is 0.235. The maximum atomic E-state index is 12.4. The van der Waals surface area contributed by atoms with Gasteiger partial charge in [-0.1, -0.05) is 17.7 Å². The molecule has 3 rings (SSSR count). The van der Waals surface area contributed by atoms with Gasteiger partial charge < -0.3 is 19.7 Å². The molecule has 120 valence electrons. The van der Waals surface area contributed by atoms with E-state index >= 15 is 0 Å². The summed E-state index contributed by atoms with van der Waals surface area (Å²) in [6.45, 7) is 1.32. The predicted molar refractivity (Wildman–Crippen MR) is 88.9 cm³/mol. The van der Waals surface area contributed by atoms with Gasteiger partial charge in [0.1, 0.15) is 0 Å². The molecule has 2 aromatic rings. The van der Waals surface area contributed by atoms with Gasteiger partial charge in [-0.3, -0.25) is 4.79 Å². The van der Waals surface area contributed by atoms with Crippen LogP contribution in [0.1, 0.15) is 10.4 Å². The highest BCUT2D eigenvalue weighted by Gasteiger charge is 2.24. The van der Waals surface area contributed by atoms with Crippen LogP contribution in [0.4, 0.5) is 0 Å². The third-order valence-corrected chi connectivity index (χ3v) is 3.64. The highest BCUT2D eigenvalue weighted by molar-refractivity contribution is 6.30. The molecule has 0 saturated heterocycles. The summed E-state index contributed by atoms with van der Waals surface area (Å²) in [6.07, 6.45) is 0. The standard InChI is InChI=1S/C17H17ClN2O3/c1-20(2)9-8-19-17(21)12-4-3-5-14-16(12)23-13-7-6-11(18)10-15(13)22-14/h3-7,10H,8-9H2,1-2H3,(H,19,21). The van der Waals surface area contributed by atoms with Crippen molar-refractivity contribution in [2.75, 3.05) is 27.2 Å². The summed E-state index contributed by atoms with van der Waals surface area (Å²) in [7, 11) is 3.91. The van der Waals surface area contributed by atoms with Crippen LogP contribution in [0, 0.1) is 0 Å². The highest BCUT2D eigenvalue weighted by Crippen LogP contribution is 2.47. The molecule has 5 nitrogen and oxygen atoms in total. The van der Waals surface area contributed by atoms with Crippen molar-refractivity contribution in [1.82, 2.24) is 10.2 Å². The van der Waals surface area contributed by atoms with Crippen molar-refractivity contribution in [2.24, 2.45) is 0 Å². The molecule has 0 aromatic heterocycles. The highest BCUT2D eigenvalue weighted by atomic mass is 35.5. The minimum atomic E-state index is -0.190. The molecule has 1 N–H and O–H groups in total. The SMILES string of the molecule is CN(C)CCNC(=O)c1cccc2c1Oc1ccc(Cl)cc1O2. The van der Waals surface area contributed by atoms with E-state index in [-0.39, 0.29) is 5.91 Å². The van der Waals surface area contributed by atoms with Gasteiger partial charge in [0.05, 0.1) is 5.56 Å². The maximum Gasteiger partial charge on any atom is 0.255 e. The van der Waals surface area contributed by atoms with Crippen LogP contribution in [-0.2, 0) is 0 Å². The van der Waals surface area contributed by atoms with Gasteiger partial charge in [0.25, 0.3) is 5.91 Å². The van der Waals surface area contributed by atoms with Gasteiger partial charge in [-0.05, 0) is 38.4 Å². The summed E-state index contributed by atoms with van der Waals surface area (Å²) >= 11 is 5.96. The molecule has 0 aliphatic carbocycles. The van der Waals surface area contributed by atoms with E-state index in [1.807, 2.05) is 19.0 Å². The van der Waals surface area contributed by atoms with Crippen molar-refractivity contribution in [2.45, 2.75) is 0 Å². The molecule has 0 bridgehead atoms. The van der Waals surface area contributed by atoms with Crippen LogP contribution >= 0.6 is 11.6 Å². The van der Waals surface area contributed by atoms with Crippen LogP contribution in [0.5, 0.6) is 23.0 Å². The Morgan fingerprint density at radius 1 is 1.13 bits per heavy atom. The van der Waals surface area contributed by atoms with Crippen molar-refractivity contribution >= 4 is 17.5 Å². The zero-order chi connectivity index (χ0) is 16.4. The van der Waals surface area contributed by atoms with Crippen LogP contribution in [-0.4, -0.2) is 38.0 Å². The summed E-state index contributed by atoms with van der Waals surface area (Å²) in [5, 5.41) is 3.44. The van der Waals surface area contributed by atoms with E-state index < -0.39 is 0 Å². The molecule has 0 atom stereocenters. The van der Waals surface area contributed by atoms with Crippen LogP contribution < -0.4 is 14.8 Å². The number of likely N-dealkylation sites (N-methyl/N-ethyl adjacent to an activating group) is 1. The van der Waals surface area contributed by atoms with Gasteiger partial charge in [0, 0.05) is 24.2 Å². The summed E-state index contributed by atoms with van der Waals surface area (Å²) in [4.78, 5) is 14.4. The lowest BCUT2D eigenvalue weighted by molar-refractivity contribution is 0.0947. The van der Waals surface area contributed by atoms with Gasteiger partial charge in [-0.15, -0.1) is 0 Å². The summed E-state index contributed by atoms with van der Waals surface area (Å²) in [5.74, 6) is 1.81. The van der Waals surface area contributed by atoms with Crippen molar-refractivity contribution in [3.05, 3.63) is 47.0 Å². The summed E-state index contributed by atoms with van der Waals surface area (Å²) < 4.78 is 11.7. The van der Waals surface area contributed by atoms with Crippen LogP contribution in [0.3, 0.4) is 0 Å². The number of amides is 1. The lowest BCUT2D eigenvalue weighted by atomic mass is 10.1. The summed E-state index contributed by atoms with van der Waals surface area (Å²) in [6, 6.07) is 10.4. The molecule has 1 heterocycles. The van der Waals surface area contributed by atoms with Crippen molar-refractivity contribution in [3.8, 4) is 23.0 Å². The first-order valence-electron chi connectivity index (χ1n) is 7.26. The van der Waals surface area contributed by atoms with Gasteiger partial charge in [0.15, 0.2) is 23.0 Å². The molecular weight excluding hydrogens is 316 g/mol. The largest absolute Gasteiger partial charge is 0.449 e. The first-order valence-corrected chi connectivity index (χ1v) is 7.63. The predicted octanol–water partition coefficient (Wildman–Crippen LogP) is 3.53. The zero-order valence-electron chi connectivity index (χ0n) is 12.9. The second-order valence-electron chi connectivity index (χ2n) is 5.49. The molecule has 23 heavy (non-hydrogen) atoms. The maximum absolute atomic E-state index is 12.4. The number of rotatable bonds is 4. The third-order valence-electron chi connectivity index (χ3n) is 3.41. The second-order valence-corrected chi connectivity index (χ2v) is 5.92. The molecule has 0 spiro atoms. The molecule has 2 aromatic carbocycles. The minimum Gasteiger partial charge on any atom is -0.449 e. The fourth-order valence-electron chi connectivity index (χ4n) is 2.24. The number of nitrogens with one attached hydrogen (secondary N) is 1. The Balaban J connectivity index is 1.83. The average molecular weight is 333 g/mol. The van der Waals surface area contributed by atoms with E-state index in [1.165, 1.54) is 0 Å². The molecule has 0 radical (unpaired) electrons. The monoisotopic (exact) mass is 332 g/mol. The number of carbonyl (C=O) groups is 1. The first-order chi connectivity index (χ1) is 11.0. The Labute approximate surface area is 139 Å². The van der Waals surface area contributed by atoms with Gasteiger partial charge in [0.2, 0.25) is 0 Å². The molecular formula is C17H17ClN2O3. The Hall–Kier alpha value is -2.24. The van der Waals surface area contributed by atoms with E-state index in [9.17, 15) is 4.79 Å². The number of fused-ring (bicyclic) bond motifs is 2. The number of hydrogen-bond acceptors (Lipinski definition) is 4. The molecule has 0 saturated carbocycles. The zero-order valence-corrected chi connectivity index (χ0v) is 13.7. The van der Waals surface area contributed by atoms with E-state index in [2.05, 4.69) is 5.32 Å². The molecule has 0 unspecified atom stereocenters. The number of para-hydroxylation sites is 1. The first kappa shape index (κ1) is 15.6. The molecule has 1 amide bonds. The summed E-state index contributed by atoms with van der Waals surface area (Å²) in [5.41, 5.74) is 0.446. The Bertz CT molecular complexity index is 747. The number of ether oxygens (including phenoxy) is 2. The molecule has 0 fully saturated rings. The molecule has 1 aliphatic rings. The van der Waals surface area contributed by atoms with E-state index in [0.29, 0.717) is 40.1 Å². The van der Waals surface area contributed by atoms with Gasteiger partial charge >= 0.3 is 0 Å². The average Bonchev–Trinajstić information content (AvgIpc) is 2.51. The molecule has 1 aliphatic heterocycles. The number of nitrogens with zero attached hydrogens (tertiary/aromatic N) is 1. The number of halogens is 1. The topological polar surface area (TPSA) is 50.8 Å². The third kappa shape index (κ3) is 3.41. The quantitative estimate of drug-likeness (QED) is 0.794. The number of carbonyl (C=O) groups excluding carboxylic acids is 1. The van der Waals surface area contributed by atoms with E-state index in [4.69, 9.17) is 21.1 Å². The van der Waals surface area contributed by atoms with Gasteiger partial charge in [-0.25, -0.2) is 0 Å². The second kappa shape index (κ2) is 6.48. The van der Waals surface area contributed by atoms with Crippen molar-refractivity contribution in [1.29, 1.82) is 0 Å². The van der Waals surface area contributed by atoms with Gasteiger partial charge in [-0.2, -0.15) is 0 Å². The fourth-order valence-corrected chi connectivity index (χ4v) is 2.41. The normalized spacial score (nSPS) is 12.0. The van der Waals surface area contributed by atoms with E-state index in [0.717, 1.165) is 6.54 Å². The lowest BCUT2D eigenvalue weighted by Crippen LogP contribution is -2.31. The Morgan fingerprint density at radius 3 is 2.74 bits per heavy atom. The molecule has 6 heteroatoms. The Morgan fingerprint density at radius 2 is 1.96 bits per heavy atom. The van der Waals surface area contributed by atoms with E-state index in [1.54, 1.807) is 36.4 Å². The smallest absolute Gasteiger partial charge is 0.255 e.